The smallest absolute Gasteiger partial charge is 0.136 e. The van der Waals surface area contributed by atoms with Gasteiger partial charge in [-0.3, -0.25) is 0 Å². The molecule has 0 saturated heterocycles. The van der Waals surface area contributed by atoms with Crippen molar-refractivity contribution in [2.75, 3.05) is 4.90 Å². The molecule has 3 aliphatic rings. The van der Waals surface area contributed by atoms with Crippen molar-refractivity contribution in [3.05, 3.63) is 150 Å². The van der Waals surface area contributed by atoms with E-state index in [1.807, 2.05) is 24.3 Å². The minimum atomic E-state index is 0.0861. The molecule has 0 N–H and O–H groups in total. The van der Waals surface area contributed by atoms with Crippen molar-refractivity contribution in [3.8, 4) is 17.2 Å². The van der Waals surface area contributed by atoms with E-state index in [0.717, 1.165) is 72.8 Å². The first-order valence-electron chi connectivity index (χ1n) is 16.6. The van der Waals surface area contributed by atoms with Crippen LogP contribution < -0.4 is 4.90 Å². The Bertz CT molecular complexity index is 2650. The lowest BCUT2D eigenvalue weighted by Gasteiger charge is -2.31. The van der Waals surface area contributed by atoms with Crippen LogP contribution in [0.5, 0.6) is 0 Å². The van der Waals surface area contributed by atoms with Crippen LogP contribution in [0.4, 0.5) is 11.4 Å². The summed E-state index contributed by atoms with van der Waals surface area (Å²) in [5, 5.41) is 14.7. The summed E-state index contributed by atoms with van der Waals surface area (Å²) in [6, 6.07) is 34.3. The average Bonchev–Trinajstić information content (AvgIpc) is 3.80. The van der Waals surface area contributed by atoms with Gasteiger partial charge in [-0.05, 0) is 83.1 Å². The lowest BCUT2D eigenvalue weighted by molar-refractivity contribution is 0.663. The van der Waals surface area contributed by atoms with Gasteiger partial charge in [0.25, 0.3) is 0 Å². The van der Waals surface area contributed by atoms with Crippen LogP contribution in [-0.4, -0.2) is 6.04 Å². The van der Waals surface area contributed by atoms with Gasteiger partial charge < -0.3 is 13.7 Å². The van der Waals surface area contributed by atoms with Gasteiger partial charge in [0, 0.05) is 38.7 Å². The highest BCUT2D eigenvalue weighted by Gasteiger charge is 2.39. The Morgan fingerprint density at radius 3 is 2.19 bits per heavy atom. The van der Waals surface area contributed by atoms with E-state index in [9.17, 15) is 5.26 Å². The number of hydrogen-bond donors (Lipinski definition) is 0. The molecule has 7 aromatic rings. The minimum absolute atomic E-state index is 0.0861. The minimum Gasteiger partial charge on any atom is -0.456 e. The second-order valence-electron chi connectivity index (χ2n) is 13.2. The summed E-state index contributed by atoms with van der Waals surface area (Å²) >= 11 is 0. The van der Waals surface area contributed by atoms with Crippen LogP contribution in [0.1, 0.15) is 36.0 Å². The normalized spacial score (nSPS) is 19.7. The Kier molecular flexibility index (Phi) is 5.77. The van der Waals surface area contributed by atoms with Gasteiger partial charge >= 0.3 is 0 Å². The third-order valence-corrected chi connectivity index (χ3v) is 10.4. The Morgan fingerprint density at radius 2 is 1.42 bits per heavy atom. The topological polar surface area (TPSA) is 53.3 Å². The number of benzene rings is 5. The lowest BCUT2D eigenvalue weighted by Crippen LogP contribution is -2.29. The molecule has 5 aromatic carbocycles. The van der Waals surface area contributed by atoms with E-state index >= 15 is 0 Å². The maximum Gasteiger partial charge on any atom is 0.136 e. The number of hydrogen-bond acceptors (Lipinski definition) is 4. The van der Waals surface area contributed by atoms with Crippen LogP contribution in [0, 0.1) is 17.2 Å². The van der Waals surface area contributed by atoms with Gasteiger partial charge in [0.2, 0.25) is 0 Å². The monoisotopic (exact) mass is 618 g/mol. The van der Waals surface area contributed by atoms with E-state index in [2.05, 4.69) is 127 Å². The predicted octanol–water partition coefficient (Wildman–Crippen LogP) is 11.7. The largest absolute Gasteiger partial charge is 0.456 e. The van der Waals surface area contributed by atoms with Crippen LogP contribution in [0.2, 0.25) is 0 Å². The van der Waals surface area contributed by atoms with E-state index in [4.69, 9.17) is 8.83 Å². The predicted molar refractivity (Wildman–Crippen MR) is 195 cm³/mol. The molecule has 2 aliphatic carbocycles. The summed E-state index contributed by atoms with van der Waals surface area (Å²) in [6.07, 6.45) is 16.4. The molecule has 228 valence electrons. The summed E-state index contributed by atoms with van der Waals surface area (Å²) in [6.45, 7) is 2.26. The standard InChI is InChI=1S/C44H30N2O2/c1-26-8-6-9-27(22-26)28-16-18-38-34(23-28)42-40(47-38)20-21-41-43(42)35-24-29(17-19-39(35)48-41)31-13-7-10-30(25-45)44(31)46-36-14-4-2-11-32(36)33-12-3-5-15-37(33)46/h2-21,23-24,26,32,36H,22H2,1H3. The molecule has 10 rings (SSSR count). The second kappa shape index (κ2) is 10.2. The zero-order chi connectivity index (χ0) is 31.9. The fourth-order valence-electron chi connectivity index (χ4n) is 8.24. The number of rotatable bonds is 3. The lowest BCUT2D eigenvalue weighted by atomic mass is 9.90. The van der Waals surface area contributed by atoms with Crippen LogP contribution in [-0.2, 0) is 0 Å². The summed E-state index contributed by atoms with van der Waals surface area (Å²) in [5.41, 5.74) is 12.0. The Hall–Kier alpha value is -6.05. The van der Waals surface area contributed by atoms with Crippen molar-refractivity contribution in [1.29, 1.82) is 5.26 Å². The molecule has 3 unspecified atom stereocenters. The third-order valence-electron chi connectivity index (χ3n) is 10.4. The first-order valence-corrected chi connectivity index (χ1v) is 16.6. The molecule has 0 radical (unpaired) electrons. The van der Waals surface area contributed by atoms with Gasteiger partial charge in [0.05, 0.1) is 17.3 Å². The Labute approximate surface area is 277 Å². The van der Waals surface area contributed by atoms with Gasteiger partial charge in [-0.25, -0.2) is 0 Å². The van der Waals surface area contributed by atoms with Crippen LogP contribution in [0.15, 0.2) is 142 Å². The molecule has 0 bridgehead atoms. The van der Waals surface area contributed by atoms with E-state index in [1.54, 1.807) is 0 Å². The molecule has 0 fully saturated rings. The molecule has 2 aromatic heterocycles. The molecular weight excluding hydrogens is 588 g/mol. The van der Waals surface area contributed by atoms with Crippen molar-refractivity contribution in [1.82, 2.24) is 0 Å². The molecule has 1 aliphatic heterocycles. The summed E-state index contributed by atoms with van der Waals surface area (Å²) in [4.78, 5) is 2.37. The van der Waals surface area contributed by atoms with E-state index in [1.165, 1.54) is 16.7 Å². The van der Waals surface area contributed by atoms with Crippen molar-refractivity contribution in [2.45, 2.75) is 25.3 Å². The molecule has 0 spiro atoms. The van der Waals surface area contributed by atoms with Gasteiger partial charge in [-0.1, -0.05) is 91.9 Å². The summed E-state index contributed by atoms with van der Waals surface area (Å²) in [7, 11) is 0. The van der Waals surface area contributed by atoms with E-state index in [-0.39, 0.29) is 12.0 Å². The van der Waals surface area contributed by atoms with E-state index in [0.29, 0.717) is 11.5 Å². The summed E-state index contributed by atoms with van der Waals surface area (Å²) in [5.74, 6) is 0.738. The van der Waals surface area contributed by atoms with Crippen molar-refractivity contribution in [3.63, 3.8) is 0 Å². The molecule has 3 atom stereocenters. The van der Waals surface area contributed by atoms with Crippen LogP contribution in [0.3, 0.4) is 0 Å². The number of anilines is 2. The molecule has 0 saturated carbocycles. The van der Waals surface area contributed by atoms with Gasteiger partial charge in [0.15, 0.2) is 0 Å². The molecule has 4 heteroatoms. The first kappa shape index (κ1) is 27.1. The fourth-order valence-corrected chi connectivity index (χ4v) is 8.24. The number of fused-ring (bicyclic) bond motifs is 10. The maximum absolute atomic E-state index is 10.5. The van der Waals surface area contributed by atoms with E-state index < -0.39 is 0 Å². The molecule has 48 heavy (non-hydrogen) atoms. The highest BCUT2D eigenvalue weighted by atomic mass is 16.3. The van der Waals surface area contributed by atoms with Gasteiger partial charge in [0.1, 0.15) is 28.4 Å². The van der Waals surface area contributed by atoms with Gasteiger partial charge in [-0.15, -0.1) is 0 Å². The highest BCUT2D eigenvalue weighted by Crippen LogP contribution is 2.51. The quantitative estimate of drug-likeness (QED) is 0.198. The fraction of sp³-hybridized carbons (Fsp3) is 0.114. The third kappa shape index (κ3) is 3.88. The molecular formula is C44H30N2O2. The average molecular weight is 619 g/mol. The Morgan fingerprint density at radius 1 is 0.708 bits per heavy atom. The second-order valence-corrected chi connectivity index (χ2v) is 13.2. The first-order chi connectivity index (χ1) is 23.7. The summed E-state index contributed by atoms with van der Waals surface area (Å²) < 4.78 is 12.9. The number of para-hydroxylation sites is 2. The molecule has 3 heterocycles. The van der Waals surface area contributed by atoms with Crippen LogP contribution >= 0.6 is 0 Å². The Balaban J connectivity index is 1.20. The van der Waals surface area contributed by atoms with Gasteiger partial charge in [-0.2, -0.15) is 5.26 Å². The van der Waals surface area contributed by atoms with Crippen molar-refractivity contribution >= 4 is 60.8 Å². The van der Waals surface area contributed by atoms with Crippen LogP contribution in [0.25, 0.3) is 60.6 Å². The number of nitriles is 1. The van der Waals surface area contributed by atoms with Crippen molar-refractivity contribution in [2.24, 2.45) is 5.92 Å². The zero-order valence-corrected chi connectivity index (χ0v) is 26.4. The number of nitrogens with zero attached hydrogens (tertiary/aromatic N) is 2. The molecule has 0 amide bonds. The SMILES string of the molecule is CC1C=CC=C(c2ccc3oc4ccc5oc6ccc(-c7cccc(C#N)c7N7c8ccccc8C8C=CC=CC87)cc6c5c4c3c2)C1. The van der Waals surface area contributed by atoms with Crippen molar-refractivity contribution < 1.29 is 8.83 Å². The number of furan rings is 2. The molecule has 4 nitrogen and oxygen atoms in total. The maximum atomic E-state index is 10.5. The zero-order valence-electron chi connectivity index (χ0n) is 26.4. The highest BCUT2D eigenvalue weighted by molar-refractivity contribution is 6.26. The number of allylic oxidation sites excluding steroid dienone is 6.